The van der Waals surface area contributed by atoms with Crippen molar-refractivity contribution >= 4 is 38.4 Å². The summed E-state index contributed by atoms with van der Waals surface area (Å²) in [4.78, 5) is 25.8. The Morgan fingerprint density at radius 3 is 2.55 bits per heavy atom. The van der Waals surface area contributed by atoms with E-state index < -0.39 is 21.5 Å². The van der Waals surface area contributed by atoms with Gasteiger partial charge in [0.2, 0.25) is 5.91 Å². The molecule has 0 aromatic carbocycles. The van der Waals surface area contributed by atoms with Crippen LogP contribution in [0.2, 0.25) is 0 Å². The lowest BCUT2D eigenvalue weighted by molar-refractivity contribution is -0.147. The van der Waals surface area contributed by atoms with E-state index in [2.05, 4.69) is 15.0 Å². The highest BCUT2D eigenvalue weighted by molar-refractivity contribution is 7.91. The Bertz CT molecular complexity index is 648. The number of rotatable bonds is 5. The zero-order chi connectivity index (χ0) is 15.0. The molecule has 1 fully saturated rings. The molecule has 20 heavy (non-hydrogen) atoms. The van der Waals surface area contributed by atoms with E-state index in [0.717, 1.165) is 17.5 Å². The zero-order valence-corrected chi connectivity index (χ0v) is 12.2. The molecule has 1 aromatic rings. The van der Waals surface area contributed by atoms with Crippen molar-refractivity contribution in [3.63, 3.8) is 0 Å². The lowest BCUT2D eigenvalue weighted by Crippen LogP contribution is -2.58. The first-order valence-corrected chi connectivity index (χ1v) is 8.06. The zero-order valence-electron chi connectivity index (χ0n) is 10.5. The van der Waals surface area contributed by atoms with Gasteiger partial charge in [0, 0.05) is 6.92 Å². The normalized spacial score (nSPS) is 17.2. The van der Waals surface area contributed by atoms with Crippen LogP contribution in [0.1, 0.15) is 26.2 Å². The number of carboxylic acid groups (broad SMARTS) is 1. The molecule has 8 nitrogen and oxygen atoms in total. The lowest BCUT2D eigenvalue weighted by atomic mass is 9.78. The minimum atomic E-state index is -3.96. The van der Waals surface area contributed by atoms with Gasteiger partial charge in [-0.05, 0) is 19.3 Å². The van der Waals surface area contributed by atoms with Gasteiger partial charge in [-0.3, -0.25) is 9.59 Å². The van der Waals surface area contributed by atoms with Gasteiger partial charge in [0.1, 0.15) is 5.54 Å². The predicted molar refractivity (Wildman–Crippen MR) is 71.0 cm³/mol. The van der Waals surface area contributed by atoms with Gasteiger partial charge < -0.3 is 10.4 Å². The lowest BCUT2D eigenvalue weighted by Gasteiger charge is -2.37. The van der Waals surface area contributed by atoms with E-state index in [1.807, 2.05) is 0 Å². The smallest absolute Gasteiger partial charge is 0.324 e. The Labute approximate surface area is 119 Å². The van der Waals surface area contributed by atoms with E-state index in [0.29, 0.717) is 6.42 Å². The molecule has 10 heteroatoms. The van der Waals surface area contributed by atoms with E-state index in [9.17, 15) is 18.0 Å². The van der Waals surface area contributed by atoms with E-state index in [1.165, 1.54) is 6.92 Å². The van der Waals surface area contributed by atoms with Crippen LogP contribution in [0.3, 0.4) is 0 Å². The second-order valence-electron chi connectivity index (χ2n) is 4.51. The monoisotopic (exact) mass is 319 g/mol. The number of hydrogen-bond acceptors (Lipinski definition) is 6. The number of hydrogen-bond donors (Lipinski definition) is 3. The summed E-state index contributed by atoms with van der Waals surface area (Å²) in [5.41, 5.74) is -1.42. The van der Waals surface area contributed by atoms with Crippen LogP contribution < -0.4 is 10.0 Å². The topological polar surface area (TPSA) is 125 Å². The largest absolute Gasteiger partial charge is 0.480 e. The Morgan fingerprint density at radius 1 is 1.45 bits per heavy atom. The SMILES string of the molecule is CC(=O)Nc1ncc(S(=O)(=O)NC2(C(=O)O)CCC2)s1. The molecule has 0 radical (unpaired) electrons. The number of aromatic nitrogens is 1. The van der Waals surface area contributed by atoms with Gasteiger partial charge in [0.05, 0.1) is 6.20 Å². The highest BCUT2D eigenvalue weighted by atomic mass is 32.2. The van der Waals surface area contributed by atoms with Gasteiger partial charge in [-0.15, -0.1) is 0 Å². The Morgan fingerprint density at radius 2 is 2.10 bits per heavy atom. The van der Waals surface area contributed by atoms with Crippen LogP contribution >= 0.6 is 11.3 Å². The molecule has 1 heterocycles. The average molecular weight is 319 g/mol. The Hall–Kier alpha value is -1.52. The fourth-order valence-corrected chi connectivity index (χ4v) is 4.28. The van der Waals surface area contributed by atoms with Gasteiger partial charge in [-0.1, -0.05) is 11.3 Å². The third-order valence-electron chi connectivity index (χ3n) is 2.98. The summed E-state index contributed by atoms with van der Waals surface area (Å²) in [5, 5.41) is 11.6. The summed E-state index contributed by atoms with van der Waals surface area (Å²) in [5.74, 6) is -1.55. The van der Waals surface area contributed by atoms with Crippen molar-refractivity contribution in [1.82, 2.24) is 9.71 Å². The number of thiazole rings is 1. The number of sulfonamides is 1. The number of nitrogens with one attached hydrogen (secondary N) is 2. The maximum Gasteiger partial charge on any atom is 0.324 e. The molecule has 0 spiro atoms. The van der Waals surface area contributed by atoms with Gasteiger partial charge in [0.15, 0.2) is 9.34 Å². The van der Waals surface area contributed by atoms with Crippen molar-refractivity contribution < 1.29 is 23.1 Å². The van der Waals surface area contributed by atoms with Gasteiger partial charge in [-0.2, -0.15) is 4.72 Å². The molecular weight excluding hydrogens is 306 g/mol. The van der Waals surface area contributed by atoms with Crippen LogP contribution in [0.25, 0.3) is 0 Å². The molecule has 1 aliphatic carbocycles. The quantitative estimate of drug-likeness (QED) is 0.720. The van der Waals surface area contributed by atoms with E-state index >= 15 is 0 Å². The van der Waals surface area contributed by atoms with Crippen LogP contribution in [-0.4, -0.2) is 35.9 Å². The number of carbonyl (C=O) groups excluding carboxylic acids is 1. The number of aliphatic carboxylic acids is 1. The highest BCUT2D eigenvalue weighted by Gasteiger charge is 2.47. The molecule has 1 saturated carbocycles. The van der Waals surface area contributed by atoms with E-state index in [-0.39, 0.29) is 28.1 Å². The van der Waals surface area contributed by atoms with E-state index in [4.69, 9.17) is 5.11 Å². The fraction of sp³-hybridized carbons (Fsp3) is 0.500. The van der Waals surface area contributed by atoms with Crippen molar-refractivity contribution in [3.05, 3.63) is 6.20 Å². The molecule has 110 valence electrons. The molecule has 0 atom stereocenters. The van der Waals surface area contributed by atoms with Crippen LogP contribution in [0.5, 0.6) is 0 Å². The third kappa shape index (κ3) is 2.81. The predicted octanol–water partition coefficient (Wildman–Crippen LogP) is 0.387. The first-order valence-electron chi connectivity index (χ1n) is 5.76. The van der Waals surface area contributed by atoms with E-state index in [1.54, 1.807) is 0 Å². The van der Waals surface area contributed by atoms with Gasteiger partial charge in [-0.25, -0.2) is 13.4 Å². The maximum absolute atomic E-state index is 12.1. The summed E-state index contributed by atoms with van der Waals surface area (Å²) in [6.45, 7) is 1.28. The molecule has 3 N–H and O–H groups in total. The Balaban J connectivity index is 2.20. The molecule has 2 rings (SSSR count). The number of nitrogens with zero attached hydrogens (tertiary/aromatic N) is 1. The fourth-order valence-electron chi connectivity index (χ4n) is 1.79. The van der Waals surface area contributed by atoms with Crippen molar-refractivity contribution in [3.8, 4) is 0 Å². The number of anilines is 1. The molecule has 1 aromatic heterocycles. The van der Waals surface area contributed by atoms with Crippen LogP contribution in [0.4, 0.5) is 5.13 Å². The molecule has 0 unspecified atom stereocenters. The summed E-state index contributed by atoms with van der Waals surface area (Å²) in [6, 6.07) is 0. The second kappa shape index (κ2) is 5.11. The minimum absolute atomic E-state index is 0.131. The summed E-state index contributed by atoms with van der Waals surface area (Å²) in [7, 11) is -3.96. The first kappa shape index (κ1) is 14.9. The first-order chi connectivity index (χ1) is 9.25. The molecule has 1 aliphatic rings. The maximum atomic E-state index is 12.1. The summed E-state index contributed by atoms with van der Waals surface area (Å²) >= 11 is 0.769. The van der Waals surface area contributed by atoms with Crippen molar-refractivity contribution in [2.45, 2.75) is 35.9 Å². The minimum Gasteiger partial charge on any atom is -0.480 e. The van der Waals surface area contributed by atoms with Crippen molar-refractivity contribution in [2.75, 3.05) is 5.32 Å². The molecule has 0 bridgehead atoms. The summed E-state index contributed by atoms with van der Waals surface area (Å²) in [6.07, 6.45) is 2.28. The van der Waals surface area contributed by atoms with Crippen LogP contribution in [0.15, 0.2) is 10.4 Å². The van der Waals surface area contributed by atoms with Gasteiger partial charge >= 0.3 is 5.97 Å². The number of carboxylic acids is 1. The van der Waals surface area contributed by atoms with Crippen molar-refractivity contribution in [2.24, 2.45) is 0 Å². The standard InChI is InChI=1S/C10H13N3O5S2/c1-6(14)12-9-11-5-7(19-9)20(17,18)13-10(8(15)16)3-2-4-10/h5,13H,2-4H2,1H3,(H,15,16)(H,11,12,14). The number of amides is 1. The molecular formula is C10H13N3O5S2. The molecule has 0 saturated heterocycles. The second-order valence-corrected chi connectivity index (χ2v) is 7.45. The van der Waals surface area contributed by atoms with Gasteiger partial charge in [0.25, 0.3) is 10.0 Å². The number of carbonyl (C=O) groups is 2. The Kier molecular flexibility index (Phi) is 3.80. The summed E-state index contributed by atoms with van der Waals surface area (Å²) < 4.78 is 26.3. The molecule has 0 aliphatic heterocycles. The third-order valence-corrected chi connectivity index (χ3v) is 5.89. The highest BCUT2D eigenvalue weighted by Crippen LogP contribution is 2.34. The van der Waals surface area contributed by atoms with Crippen LogP contribution in [0, 0.1) is 0 Å². The van der Waals surface area contributed by atoms with Crippen molar-refractivity contribution in [1.29, 1.82) is 0 Å². The molecule has 1 amide bonds. The van der Waals surface area contributed by atoms with Crippen LogP contribution in [-0.2, 0) is 19.6 Å². The average Bonchev–Trinajstić information content (AvgIpc) is 2.71.